The lowest BCUT2D eigenvalue weighted by atomic mass is 10.1. The predicted molar refractivity (Wildman–Crippen MR) is 126 cm³/mol. The number of hydrogen-bond acceptors (Lipinski definition) is 3. The normalized spacial score (nSPS) is 11.0. The fraction of sp³-hybridized carbons (Fsp3) is 0.409. The Labute approximate surface area is 186 Å². The number of nitrogens with zero attached hydrogens (tertiary/aromatic N) is 1. The zero-order chi connectivity index (χ0) is 19.2. The van der Waals surface area contributed by atoms with Crippen LogP contribution in [0, 0.1) is 0 Å². The Morgan fingerprint density at radius 2 is 1.64 bits per heavy atom. The molecule has 0 aliphatic heterocycles. The summed E-state index contributed by atoms with van der Waals surface area (Å²) in [5.41, 5.74) is 3.52. The average molecular weight is 497 g/mol. The van der Waals surface area contributed by atoms with Gasteiger partial charge in [-0.15, -0.1) is 24.0 Å². The number of benzene rings is 2. The number of hydrogen-bond donors (Lipinski definition) is 2. The number of guanidine groups is 1. The second kappa shape index (κ2) is 15.3. The van der Waals surface area contributed by atoms with Crippen molar-refractivity contribution in [2.24, 2.45) is 4.99 Å². The Morgan fingerprint density at radius 1 is 0.929 bits per heavy atom. The van der Waals surface area contributed by atoms with E-state index >= 15 is 0 Å². The van der Waals surface area contributed by atoms with Crippen LogP contribution in [0.15, 0.2) is 59.6 Å². The summed E-state index contributed by atoms with van der Waals surface area (Å²) in [5.74, 6) is 0.833. The van der Waals surface area contributed by atoms with Crippen LogP contribution in [0.4, 0.5) is 0 Å². The van der Waals surface area contributed by atoms with E-state index in [0.717, 1.165) is 37.6 Å². The van der Waals surface area contributed by atoms with Crippen LogP contribution in [-0.2, 0) is 29.2 Å². The average Bonchev–Trinajstić information content (AvgIpc) is 2.70. The molecule has 6 heteroatoms. The largest absolute Gasteiger partial charge is 0.385 e. The first-order valence-electron chi connectivity index (χ1n) is 9.52. The first-order chi connectivity index (χ1) is 13.3. The van der Waals surface area contributed by atoms with Crippen molar-refractivity contribution in [2.75, 3.05) is 26.8 Å². The first kappa shape index (κ1) is 24.4. The van der Waals surface area contributed by atoms with Gasteiger partial charge in [-0.1, -0.05) is 54.6 Å². The minimum absolute atomic E-state index is 0. The Bertz CT molecular complexity index is 680. The molecular weight excluding hydrogens is 465 g/mol. The van der Waals surface area contributed by atoms with E-state index < -0.39 is 0 Å². The molecule has 2 N–H and O–H groups in total. The number of rotatable bonds is 11. The van der Waals surface area contributed by atoms with Crippen molar-refractivity contribution in [3.63, 3.8) is 0 Å². The lowest BCUT2D eigenvalue weighted by molar-refractivity contribution is 0.107. The van der Waals surface area contributed by atoms with Crippen molar-refractivity contribution >= 4 is 29.9 Å². The Balaban J connectivity index is 0.00000392. The van der Waals surface area contributed by atoms with Crippen LogP contribution in [0.2, 0.25) is 0 Å². The molecule has 0 fully saturated rings. The quantitative estimate of drug-likeness (QED) is 0.212. The summed E-state index contributed by atoms with van der Waals surface area (Å²) >= 11 is 0. The number of ether oxygens (including phenoxy) is 2. The van der Waals surface area contributed by atoms with Crippen LogP contribution in [0.5, 0.6) is 0 Å². The van der Waals surface area contributed by atoms with Crippen LogP contribution in [0.1, 0.15) is 30.0 Å². The van der Waals surface area contributed by atoms with E-state index in [1.807, 2.05) is 18.2 Å². The van der Waals surface area contributed by atoms with E-state index in [4.69, 9.17) is 9.47 Å². The van der Waals surface area contributed by atoms with Gasteiger partial charge < -0.3 is 20.1 Å². The van der Waals surface area contributed by atoms with E-state index in [-0.39, 0.29) is 24.0 Å². The van der Waals surface area contributed by atoms with Gasteiger partial charge in [0.05, 0.1) is 19.8 Å². The van der Waals surface area contributed by atoms with E-state index in [2.05, 4.69) is 58.9 Å². The second-order valence-electron chi connectivity index (χ2n) is 6.27. The number of methoxy groups -OCH3 is 1. The summed E-state index contributed by atoms with van der Waals surface area (Å²) in [4.78, 5) is 4.66. The number of nitrogens with one attached hydrogen (secondary N) is 2. The van der Waals surface area contributed by atoms with Gasteiger partial charge in [-0.05, 0) is 30.0 Å². The zero-order valence-corrected chi connectivity index (χ0v) is 19.1. The summed E-state index contributed by atoms with van der Waals surface area (Å²) in [6.45, 7) is 6.35. The predicted octanol–water partition coefficient (Wildman–Crippen LogP) is 4.11. The highest BCUT2D eigenvalue weighted by molar-refractivity contribution is 14.0. The van der Waals surface area contributed by atoms with E-state index in [1.54, 1.807) is 7.11 Å². The molecule has 0 saturated carbocycles. The van der Waals surface area contributed by atoms with Crippen LogP contribution in [0.3, 0.4) is 0 Å². The molecule has 0 radical (unpaired) electrons. The van der Waals surface area contributed by atoms with Crippen LogP contribution < -0.4 is 10.6 Å². The van der Waals surface area contributed by atoms with Crippen molar-refractivity contribution in [1.82, 2.24) is 10.6 Å². The molecule has 2 rings (SSSR count). The Morgan fingerprint density at radius 3 is 2.39 bits per heavy atom. The maximum atomic E-state index is 5.83. The maximum absolute atomic E-state index is 5.83. The van der Waals surface area contributed by atoms with E-state index in [9.17, 15) is 0 Å². The summed E-state index contributed by atoms with van der Waals surface area (Å²) in [6.07, 6.45) is 0.954. The molecule has 5 nitrogen and oxygen atoms in total. The molecule has 0 heterocycles. The fourth-order valence-electron chi connectivity index (χ4n) is 2.61. The molecule has 2 aromatic carbocycles. The van der Waals surface area contributed by atoms with E-state index in [0.29, 0.717) is 19.8 Å². The highest BCUT2D eigenvalue weighted by Crippen LogP contribution is 2.10. The van der Waals surface area contributed by atoms with Crippen molar-refractivity contribution < 1.29 is 9.47 Å². The van der Waals surface area contributed by atoms with Crippen LogP contribution >= 0.6 is 24.0 Å². The fourth-order valence-corrected chi connectivity index (χ4v) is 2.61. The molecular formula is C22H32IN3O2. The van der Waals surface area contributed by atoms with Gasteiger partial charge in [-0.25, -0.2) is 4.99 Å². The molecule has 0 aliphatic carbocycles. The van der Waals surface area contributed by atoms with Gasteiger partial charge in [-0.2, -0.15) is 0 Å². The molecule has 2 aromatic rings. The van der Waals surface area contributed by atoms with Gasteiger partial charge in [0, 0.05) is 26.8 Å². The Hall–Kier alpha value is -1.64. The van der Waals surface area contributed by atoms with Gasteiger partial charge in [-0.3, -0.25) is 0 Å². The van der Waals surface area contributed by atoms with Gasteiger partial charge >= 0.3 is 0 Å². The molecule has 28 heavy (non-hydrogen) atoms. The highest BCUT2D eigenvalue weighted by Gasteiger charge is 2.00. The second-order valence-corrected chi connectivity index (χ2v) is 6.27. The van der Waals surface area contributed by atoms with E-state index in [1.165, 1.54) is 11.1 Å². The van der Waals surface area contributed by atoms with Crippen molar-refractivity contribution in [3.8, 4) is 0 Å². The Kier molecular flexibility index (Phi) is 13.3. The van der Waals surface area contributed by atoms with Crippen LogP contribution in [0.25, 0.3) is 0 Å². The van der Waals surface area contributed by atoms with Crippen LogP contribution in [-0.4, -0.2) is 32.8 Å². The maximum Gasteiger partial charge on any atom is 0.191 e. The summed E-state index contributed by atoms with van der Waals surface area (Å²) in [5, 5.41) is 6.60. The van der Waals surface area contributed by atoms with Crippen molar-refractivity contribution in [3.05, 3.63) is 71.3 Å². The molecule has 0 bridgehead atoms. The van der Waals surface area contributed by atoms with Gasteiger partial charge in [0.2, 0.25) is 0 Å². The lowest BCUT2D eigenvalue weighted by Crippen LogP contribution is -2.38. The third-order valence-electron chi connectivity index (χ3n) is 3.95. The summed E-state index contributed by atoms with van der Waals surface area (Å²) < 4.78 is 10.9. The van der Waals surface area contributed by atoms with Crippen molar-refractivity contribution in [1.29, 1.82) is 0 Å². The summed E-state index contributed by atoms with van der Waals surface area (Å²) in [6, 6.07) is 18.6. The third kappa shape index (κ3) is 10.1. The zero-order valence-electron chi connectivity index (χ0n) is 16.8. The molecule has 0 saturated heterocycles. The minimum Gasteiger partial charge on any atom is -0.385 e. The topological polar surface area (TPSA) is 54.9 Å². The molecule has 0 amide bonds. The van der Waals surface area contributed by atoms with Crippen molar-refractivity contribution in [2.45, 2.75) is 33.1 Å². The summed E-state index contributed by atoms with van der Waals surface area (Å²) in [7, 11) is 1.72. The highest BCUT2D eigenvalue weighted by atomic mass is 127. The molecule has 0 atom stereocenters. The first-order valence-corrected chi connectivity index (χ1v) is 9.52. The third-order valence-corrected chi connectivity index (χ3v) is 3.95. The molecule has 0 spiro atoms. The lowest BCUT2D eigenvalue weighted by Gasteiger charge is -2.11. The smallest absolute Gasteiger partial charge is 0.191 e. The standard InChI is InChI=1S/C22H31N3O2.HI/c1-3-23-22(24-13-8-14-26-2)25-16-20-11-7-12-21(15-20)18-27-17-19-9-5-4-6-10-19;/h4-7,9-12,15H,3,8,13-14,16-18H2,1-2H3,(H2,23,24,25);1H. The number of halogens is 1. The van der Waals surface area contributed by atoms with Gasteiger partial charge in [0.15, 0.2) is 5.96 Å². The molecule has 154 valence electrons. The van der Waals surface area contributed by atoms with Gasteiger partial charge in [0.25, 0.3) is 0 Å². The minimum atomic E-state index is 0. The monoisotopic (exact) mass is 497 g/mol. The SMILES string of the molecule is CCNC(=NCc1cccc(COCc2ccccc2)c1)NCCCOC.I. The number of aliphatic imine (C=N–C) groups is 1. The molecule has 0 aliphatic rings. The molecule has 0 aromatic heterocycles. The van der Waals surface area contributed by atoms with Gasteiger partial charge in [0.1, 0.15) is 0 Å². The molecule has 0 unspecified atom stereocenters.